The standard InChI is InChI=1S/C34H30ClN5O6/c1-19-4-10-22(11-5-19)31(41)39-34-37-29(35)28-30(38-34)40(18-36-28)27-16-25(46-33(43)24-14-8-21(3)9-15-24)26(45-27)17-44-32(42)23-12-6-20(2)7-13-23/h4-15,18,25-27H,16-17H2,1-3H3,(H,37,38,39,41)/t25-,26+,27+/m0/s1. The Morgan fingerprint density at radius 1 is 0.848 bits per heavy atom. The van der Waals surface area contributed by atoms with Crippen molar-refractivity contribution in [3.63, 3.8) is 0 Å². The van der Waals surface area contributed by atoms with Crippen molar-refractivity contribution in [3.8, 4) is 0 Å². The predicted octanol–water partition coefficient (Wildman–Crippen LogP) is 6.03. The van der Waals surface area contributed by atoms with Crippen molar-refractivity contribution in [2.75, 3.05) is 11.9 Å². The Bertz CT molecular complexity index is 1910. The molecule has 0 saturated carbocycles. The number of nitrogens with zero attached hydrogens (tertiary/aromatic N) is 4. The first-order valence-corrected chi connectivity index (χ1v) is 15.0. The van der Waals surface area contributed by atoms with E-state index in [0.717, 1.165) is 16.7 Å². The number of imidazole rings is 1. The molecule has 3 atom stereocenters. The van der Waals surface area contributed by atoms with Gasteiger partial charge in [-0.3, -0.25) is 14.7 Å². The van der Waals surface area contributed by atoms with Gasteiger partial charge in [0, 0.05) is 12.0 Å². The molecule has 0 radical (unpaired) electrons. The van der Waals surface area contributed by atoms with Gasteiger partial charge in [-0.2, -0.15) is 9.97 Å². The molecular weight excluding hydrogens is 610 g/mol. The maximum Gasteiger partial charge on any atom is 0.338 e. The number of halogens is 1. The highest BCUT2D eigenvalue weighted by atomic mass is 35.5. The Morgan fingerprint density at radius 3 is 2.02 bits per heavy atom. The zero-order valence-corrected chi connectivity index (χ0v) is 26.0. The Kier molecular flexibility index (Phi) is 8.78. The summed E-state index contributed by atoms with van der Waals surface area (Å²) in [4.78, 5) is 51.8. The van der Waals surface area contributed by atoms with Crippen molar-refractivity contribution in [3.05, 3.63) is 118 Å². The Balaban J connectivity index is 1.24. The summed E-state index contributed by atoms with van der Waals surface area (Å²) in [5.74, 6) is -1.49. The second-order valence-electron chi connectivity index (χ2n) is 11.1. The van der Waals surface area contributed by atoms with Gasteiger partial charge in [0.15, 0.2) is 10.8 Å². The summed E-state index contributed by atoms with van der Waals surface area (Å²) >= 11 is 6.44. The fourth-order valence-corrected chi connectivity index (χ4v) is 5.21. The number of aryl methyl sites for hydroxylation is 3. The number of ether oxygens (including phenoxy) is 3. The molecule has 0 bridgehead atoms. The van der Waals surface area contributed by atoms with Crippen LogP contribution in [-0.4, -0.2) is 56.2 Å². The first-order chi connectivity index (χ1) is 22.1. The summed E-state index contributed by atoms with van der Waals surface area (Å²) in [6, 6.07) is 21.1. The van der Waals surface area contributed by atoms with Gasteiger partial charge in [-0.15, -0.1) is 0 Å². The zero-order valence-electron chi connectivity index (χ0n) is 25.3. The Labute approximate surface area is 269 Å². The number of nitrogens with one attached hydrogen (secondary N) is 1. The summed E-state index contributed by atoms with van der Waals surface area (Å²) in [5.41, 5.74) is 4.82. The number of benzene rings is 3. The van der Waals surface area contributed by atoms with Crippen LogP contribution in [0.25, 0.3) is 11.2 Å². The third kappa shape index (κ3) is 6.75. The Hall–Kier alpha value is -5.13. The van der Waals surface area contributed by atoms with Gasteiger partial charge in [0.25, 0.3) is 5.91 Å². The van der Waals surface area contributed by atoms with Crippen LogP contribution in [0.4, 0.5) is 5.95 Å². The van der Waals surface area contributed by atoms with Crippen LogP contribution >= 0.6 is 11.6 Å². The topological polar surface area (TPSA) is 135 Å². The molecule has 1 fully saturated rings. The molecule has 3 heterocycles. The smallest absolute Gasteiger partial charge is 0.338 e. The van der Waals surface area contributed by atoms with Gasteiger partial charge in [0.1, 0.15) is 30.6 Å². The van der Waals surface area contributed by atoms with Crippen LogP contribution in [0.3, 0.4) is 0 Å². The van der Waals surface area contributed by atoms with E-state index in [9.17, 15) is 14.4 Å². The molecule has 12 heteroatoms. The minimum absolute atomic E-state index is 0.0197. The van der Waals surface area contributed by atoms with E-state index in [1.165, 1.54) is 6.33 Å². The van der Waals surface area contributed by atoms with E-state index in [1.54, 1.807) is 41.0 Å². The molecule has 234 valence electrons. The number of carbonyl (C=O) groups is 3. The van der Waals surface area contributed by atoms with Gasteiger partial charge in [-0.1, -0.05) is 64.7 Å². The predicted molar refractivity (Wildman–Crippen MR) is 170 cm³/mol. The minimum Gasteiger partial charge on any atom is -0.459 e. The van der Waals surface area contributed by atoms with Crippen LogP contribution in [0.5, 0.6) is 0 Å². The van der Waals surface area contributed by atoms with Crippen LogP contribution in [0.2, 0.25) is 5.15 Å². The van der Waals surface area contributed by atoms with Gasteiger partial charge in [0.2, 0.25) is 5.95 Å². The number of hydrogen-bond acceptors (Lipinski definition) is 9. The average molecular weight is 640 g/mol. The SMILES string of the molecule is Cc1ccc(C(=O)Nc2nc(Cl)c3ncn([C@H]4C[C@H](OC(=O)c5ccc(C)cc5)[C@@H](COC(=O)c5ccc(C)cc5)O4)c3n2)cc1. The van der Waals surface area contributed by atoms with Crippen LogP contribution in [0.15, 0.2) is 79.1 Å². The molecule has 1 saturated heterocycles. The van der Waals surface area contributed by atoms with E-state index in [0.29, 0.717) is 27.9 Å². The molecule has 0 unspecified atom stereocenters. The van der Waals surface area contributed by atoms with Gasteiger partial charge in [-0.05, 0) is 57.2 Å². The average Bonchev–Trinajstić information content (AvgIpc) is 3.65. The highest BCUT2D eigenvalue weighted by molar-refractivity contribution is 6.33. The van der Waals surface area contributed by atoms with Gasteiger partial charge in [-0.25, -0.2) is 14.6 Å². The fraction of sp³-hybridized carbons (Fsp3) is 0.235. The molecule has 1 amide bonds. The molecule has 0 spiro atoms. The van der Waals surface area contributed by atoms with E-state index in [2.05, 4.69) is 20.3 Å². The summed E-state index contributed by atoms with van der Waals surface area (Å²) in [6.45, 7) is 5.60. The minimum atomic E-state index is -0.802. The van der Waals surface area contributed by atoms with E-state index in [1.807, 2.05) is 57.2 Å². The highest BCUT2D eigenvalue weighted by Gasteiger charge is 2.41. The van der Waals surface area contributed by atoms with E-state index in [4.69, 9.17) is 25.8 Å². The molecule has 1 aliphatic rings. The van der Waals surface area contributed by atoms with Gasteiger partial charge < -0.3 is 14.2 Å². The monoisotopic (exact) mass is 639 g/mol. The lowest BCUT2D eigenvalue weighted by Gasteiger charge is -2.19. The third-order valence-corrected chi connectivity index (χ3v) is 7.88. The summed E-state index contributed by atoms with van der Waals surface area (Å²) < 4.78 is 19.4. The quantitative estimate of drug-likeness (QED) is 0.160. The number of aromatic nitrogens is 4. The molecule has 46 heavy (non-hydrogen) atoms. The second kappa shape index (κ2) is 13.1. The number of esters is 2. The zero-order chi connectivity index (χ0) is 32.4. The number of fused-ring (bicyclic) bond motifs is 1. The molecule has 2 aromatic heterocycles. The van der Waals surface area contributed by atoms with Crippen molar-refractivity contribution in [1.29, 1.82) is 0 Å². The number of anilines is 1. The fourth-order valence-electron chi connectivity index (χ4n) is 5.00. The van der Waals surface area contributed by atoms with Gasteiger partial charge in [0.05, 0.1) is 17.5 Å². The van der Waals surface area contributed by atoms with Crippen molar-refractivity contribution in [2.24, 2.45) is 0 Å². The first kappa shape index (κ1) is 30.9. The molecular formula is C34H30ClN5O6. The van der Waals surface area contributed by atoms with Crippen molar-refractivity contribution in [1.82, 2.24) is 19.5 Å². The summed E-state index contributed by atoms with van der Waals surface area (Å²) in [6.07, 6.45) is -0.622. The second-order valence-corrected chi connectivity index (χ2v) is 11.5. The van der Waals surface area contributed by atoms with E-state index >= 15 is 0 Å². The van der Waals surface area contributed by atoms with Crippen LogP contribution < -0.4 is 5.32 Å². The summed E-state index contributed by atoms with van der Waals surface area (Å²) in [7, 11) is 0. The molecule has 11 nitrogen and oxygen atoms in total. The lowest BCUT2D eigenvalue weighted by atomic mass is 10.1. The number of hydrogen-bond donors (Lipinski definition) is 1. The van der Waals surface area contributed by atoms with E-state index < -0.39 is 36.3 Å². The molecule has 1 N–H and O–H groups in total. The molecule has 0 aliphatic carbocycles. The lowest BCUT2D eigenvalue weighted by Crippen LogP contribution is -2.32. The van der Waals surface area contributed by atoms with Crippen LogP contribution in [-0.2, 0) is 14.2 Å². The molecule has 6 rings (SSSR count). The molecule has 3 aromatic carbocycles. The van der Waals surface area contributed by atoms with Gasteiger partial charge >= 0.3 is 11.9 Å². The van der Waals surface area contributed by atoms with Crippen molar-refractivity contribution >= 4 is 46.6 Å². The maximum atomic E-state index is 13.1. The lowest BCUT2D eigenvalue weighted by molar-refractivity contribution is -0.0563. The van der Waals surface area contributed by atoms with Crippen LogP contribution in [0.1, 0.15) is 60.4 Å². The maximum absolute atomic E-state index is 13.1. The number of amides is 1. The number of carbonyl (C=O) groups excluding carboxylic acids is 3. The van der Waals surface area contributed by atoms with Crippen molar-refractivity contribution < 1.29 is 28.6 Å². The normalized spacial score (nSPS) is 17.5. The molecule has 1 aliphatic heterocycles. The highest BCUT2D eigenvalue weighted by Crippen LogP contribution is 2.34. The largest absolute Gasteiger partial charge is 0.459 e. The van der Waals surface area contributed by atoms with Crippen molar-refractivity contribution in [2.45, 2.75) is 45.6 Å². The third-order valence-electron chi connectivity index (χ3n) is 7.62. The van der Waals surface area contributed by atoms with Crippen LogP contribution in [0, 0.1) is 20.8 Å². The molecule has 5 aromatic rings. The summed E-state index contributed by atoms with van der Waals surface area (Å²) in [5, 5.41) is 2.72. The Morgan fingerprint density at radius 2 is 1.41 bits per heavy atom. The number of rotatable bonds is 8. The first-order valence-electron chi connectivity index (χ1n) is 14.6. The van der Waals surface area contributed by atoms with E-state index in [-0.39, 0.29) is 24.1 Å².